The highest BCUT2D eigenvalue weighted by Crippen LogP contribution is 2.21. The van der Waals surface area contributed by atoms with Crippen LogP contribution in [0.15, 0.2) is 83.8 Å². The number of carbonyl (C=O) groups is 1. The van der Waals surface area contributed by atoms with E-state index in [0.29, 0.717) is 36.2 Å². The zero-order chi connectivity index (χ0) is 23.0. The summed E-state index contributed by atoms with van der Waals surface area (Å²) in [6.45, 7) is 4.98. The van der Waals surface area contributed by atoms with Crippen molar-refractivity contribution in [3.63, 3.8) is 0 Å². The Labute approximate surface area is 188 Å². The van der Waals surface area contributed by atoms with Crippen LogP contribution in [0.3, 0.4) is 0 Å². The first-order chi connectivity index (χ1) is 15.3. The van der Waals surface area contributed by atoms with Crippen molar-refractivity contribution in [1.29, 1.82) is 0 Å². The van der Waals surface area contributed by atoms with Crippen LogP contribution in [-0.2, 0) is 16.6 Å². The fraction of sp³-hybridized carbons (Fsp3) is 0.208. The van der Waals surface area contributed by atoms with E-state index >= 15 is 0 Å². The van der Waals surface area contributed by atoms with Crippen molar-refractivity contribution in [2.45, 2.75) is 25.3 Å². The smallest absolute Gasteiger partial charge is 0.319 e. The van der Waals surface area contributed by atoms with Crippen LogP contribution in [0.4, 0.5) is 16.2 Å². The first-order valence-electron chi connectivity index (χ1n) is 10.3. The molecule has 32 heavy (non-hydrogen) atoms. The van der Waals surface area contributed by atoms with Crippen molar-refractivity contribution in [2.24, 2.45) is 5.92 Å². The molecule has 3 aromatic rings. The summed E-state index contributed by atoms with van der Waals surface area (Å²) in [4.78, 5) is 11.9. The van der Waals surface area contributed by atoms with Gasteiger partial charge in [-0.1, -0.05) is 44.2 Å². The van der Waals surface area contributed by atoms with Gasteiger partial charge < -0.3 is 15.4 Å². The summed E-state index contributed by atoms with van der Waals surface area (Å²) in [7, 11) is -3.77. The fourth-order valence-corrected chi connectivity index (χ4v) is 3.82. The SMILES string of the molecule is CC(C)CNC(=O)Nc1ccc(S(=O)(=O)Nc2ccc(OCc3ccccc3)cc2)cc1. The predicted octanol–water partition coefficient (Wildman–Crippen LogP) is 4.84. The molecule has 0 unspecified atom stereocenters. The van der Waals surface area contributed by atoms with E-state index in [1.807, 2.05) is 44.2 Å². The van der Waals surface area contributed by atoms with E-state index in [0.717, 1.165) is 5.56 Å². The van der Waals surface area contributed by atoms with Crippen LogP contribution in [0.25, 0.3) is 0 Å². The molecule has 2 amide bonds. The number of ether oxygens (including phenoxy) is 1. The van der Waals surface area contributed by atoms with E-state index in [1.165, 1.54) is 12.1 Å². The van der Waals surface area contributed by atoms with Gasteiger partial charge in [-0.3, -0.25) is 4.72 Å². The molecule has 0 heterocycles. The number of rotatable bonds is 9. The van der Waals surface area contributed by atoms with Crippen LogP contribution < -0.4 is 20.1 Å². The zero-order valence-electron chi connectivity index (χ0n) is 18.0. The van der Waals surface area contributed by atoms with Crippen LogP contribution in [0.5, 0.6) is 5.75 Å². The minimum absolute atomic E-state index is 0.0926. The highest BCUT2D eigenvalue weighted by molar-refractivity contribution is 7.92. The topological polar surface area (TPSA) is 96.5 Å². The maximum atomic E-state index is 12.7. The van der Waals surface area contributed by atoms with Gasteiger partial charge in [0.05, 0.1) is 4.90 Å². The van der Waals surface area contributed by atoms with E-state index in [4.69, 9.17) is 4.74 Å². The second-order valence-corrected chi connectivity index (χ2v) is 9.34. The Kier molecular flexibility index (Phi) is 7.72. The third-order valence-electron chi connectivity index (χ3n) is 4.45. The molecule has 168 valence electrons. The third kappa shape index (κ3) is 7.02. The third-order valence-corrected chi connectivity index (χ3v) is 5.85. The highest BCUT2D eigenvalue weighted by Gasteiger charge is 2.14. The number of urea groups is 1. The van der Waals surface area contributed by atoms with Crippen molar-refractivity contribution in [1.82, 2.24) is 5.32 Å². The average molecular weight is 454 g/mol. The van der Waals surface area contributed by atoms with Crippen molar-refractivity contribution in [3.05, 3.63) is 84.4 Å². The number of hydrogen-bond acceptors (Lipinski definition) is 4. The van der Waals surface area contributed by atoms with Gasteiger partial charge in [-0.25, -0.2) is 13.2 Å². The monoisotopic (exact) mass is 453 g/mol. The van der Waals surface area contributed by atoms with E-state index in [9.17, 15) is 13.2 Å². The summed E-state index contributed by atoms with van der Waals surface area (Å²) in [5, 5.41) is 5.42. The second kappa shape index (κ2) is 10.7. The molecule has 0 fully saturated rings. The molecule has 0 aliphatic rings. The molecule has 3 N–H and O–H groups in total. The van der Waals surface area contributed by atoms with Gasteiger partial charge in [0.25, 0.3) is 10.0 Å². The molecule has 0 aliphatic heterocycles. The first-order valence-corrected chi connectivity index (χ1v) is 11.7. The maximum absolute atomic E-state index is 12.7. The zero-order valence-corrected chi connectivity index (χ0v) is 18.9. The van der Waals surface area contributed by atoms with Crippen molar-refractivity contribution in [3.8, 4) is 5.75 Å². The first kappa shape index (κ1) is 23.1. The number of amides is 2. The van der Waals surface area contributed by atoms with E-state index in [1.54, 1.807) is 36.4 Å². The summed E-state index contributed by atoms with van der Waals surface area (Å²) in [6.07, 6.45) is 0. The minimum Gasteiger partial charge on any atom is -0.489 e. The summed E-state index contributed by atoms with van der Waals surface area (Å²) < 4.78 is 33.6. The molecule has 8 heteroatoms. The molecular formula is C24H27N3O4S. The molecule has 0 spiro atoms. The lowest BCUT2D eigenvalue weighted by Gasteiger charge is -2.11. The van der Waals surface area contributed by atoms with E-state index in [2.05, 4.69) is 15.4 Å². The lowest BCUT2D eigenvalue weighted by atomic mass is 10.2. The molecule has 0 atom stereocenters. The van der Waals surface area contributed by atoms with Crippen molar-refractivity contribution >= 4 is 27.4 Å². The molecule has 0 saturated carbocycles. The number of sulfonamides is 1. The largest absolute Gasteiger partial charge is 0.489 e. The molecule has 0 saturated heterocycles. The summed E-state index contributed by atoms with van der Waals surface area (Å²) >= 11 is 0. The molecule has 0 bridgehead atoms. The van der Waals surface area contributed by atoms with Crippen LogP contribution in [0.2, 0.25) is 0 Å². The maximum Gasteiger partial charge on any atom is 0.319 e. The Balaban J connectivity index is 1.56. The van der Waals surface area contributed by atoms with Crippen LogP contribution in [0.1, 0.15) is 19.4 Å². The van der Waals surface area contributed by atoms with Gasteiger partial charge >= 0.3 is 6.03 Å². The van der Waals surface area contributed by atoms with Gasteiger partial charge in [0.1, 0.15) is 12.4 Å². The molecule has 3 aromatic carbocycles. The van der Waals surface area contributed by atoms with Crippen LogP contribution >= 0.6 is 0 Å². The molecule has 3 rings (SSSR count). The number of benzene rings is 3. The Morgan fingerprint density at radius 1 is 0.875 bits per heavy atom. The van der Waals surface area contributed by atoms with Gasteiger partial charge in [-0.05, 0) is 60.0 Å². The van der Waals surface area contributed by atoms with E-state index < -0.39 is 10.0 Å². The molecule has 0 radical (unpaired) electrons. The lowest BCUT2D eigenvalue weighted by Crippen LogP contribution is -2.31. The Bertz CT molecular complexity index is 1110. The highest BCUT2D eigenvalue weighted by atomic mass is 32.2. The van der Waals surface area contributed by atoms with Gasteiger partial charge in [0.15, 0.2) is 0 Å². The van der Waals surface area contributed by atoms with Gasteiger partial charge in [-0.2, -0.15) is 0 Å². The Hall–Kier alpha value is -3.52. The van der Waals surface area contributed by atoms with Gasteiger partial charge in [0, 0.05) is 17.9 Å². The summed E-state index contributed by atoms with van der Waals surface area (Å²) in [6, 6.07) is 22.1. The standard InChI is InChI=1S/C24H27N3O4S/c1-18(2)16-25-24(28)26-20-10-14-23(15-11-20)32(29,30)27-21-8-12-22(13-9-21)31-17-19-6-4-3-5-7-19/h3-15,18,27H,16-17H2,1-2H3,(H2,25,26,28). The number of anilines is 2. The minimum atomic E-state index is -3.77. The lowest BCUT2D eigenvalue weighted by molar-refractivity contribution is 0.251. The fourth-order valence-electron chi connectivity index (χ4n) is 2.76. The number of carbonyl (C=O) groups excluding carboxylic acids is 1. The second-order valence-electron chi connectivity index (χ2n) is 7.66. The Morgan fingerprint density at radius 3 is 2.12 bits per heavy atom. The number of hydrogen-bond donors (Lipinski definition) is 3. The van der Waals surface area contributed by atoms with Crippen LogP contribution in [0, 0.1) is 5.92 Å². The molecule has 0 aromatic heterocycles. The molecule has 7 nitrogen and oxygen atoms in total. The van der Waals surface area contributed by atoms with Gasteiger partial charge in [0.2, 0.25) is 0 Å². The van der Waals surface area contributed by atoms with Crippen molar-refractivity contribution in [2.75, 3.05) is 16.6 Å². The summed E-state index contributed by atoms with van der Waals surface area (Å²) in [5.41, 5.74) is 1.98. The molecular weight excluding hydrogens is 426 g/mol. The van der Waals surface area contributed by atoms with Crippen molar-refractivity contribution < 1.29 is 17.9 Å². The molecule has 0 aliphatic carbocycles. The average Bonchev–Trinajstić information content (AvgIpc) is 2.78. The number of nitrogens with one attached hydrogen (secondary N) is 3. The quantitative estimate of drug-likeness (QED) is 0.432. The van der Waals surface area contributed by atoms with Gasteiger partial charge in [-0.15, -0.1) is 0 Å². The van der Waals surface area contributed by atoms with E-state index in [-0.39, 0.29) is 10.9 Å². The normalized spacial score (nSPS) is 11.1. The summed E-state index contributed by atoms with van der Waals surface area (Å²) in [5.74, 6) is 0.979. The predicted molar refractivity (Wildman–Crippen MR) is 126 cm³/mol. The Morgan fingerprint density at radius 2 is 1.50 bits per heavy atom. The van der Waals surface area contributed by atoms with Crippen LogP contribution in [-0.4, -0.2) is 21.0 Å².